The minimum Gasteiger partial charge on any atom is -0.449 e. The number of rotatable bonds is 11. The van der Waals surface area contributed by atoms with E-state index < -0.39 is 76.6 Å². The molecule has 0 unspecified atom stereocenters. The van der Waals surface area contributed by atoms with Crippen molar-refractivity contribution in [1.29, 1.82) is 0 Å². The number of hydrogen-bond donors (Lipinski definition) is 0. The zero-order valence-corrected chi connectivity index (χ0v) is 39.3. The molecule has 0 aromatic rings. The summed E-state index contributed by atoms with van der Waals surface area (Å²) in [5.74, 6) is 0. The van der Waals surface area contributed by atoms with Crippen LogP contribution in [0.1, 0.15) is 0 Å². The third-order valence-corrected chi connectivity index (χ3v) is 41.0. The van der Waals surface area contributed by atoms with E-state index in [1.165, 1.54) is 0 Å². The first-order valence-electron chi connectivity index (χ1n) is 15.0. The minimum absolute atomic E-state index is 1.58. The highest BCUT2D eigenvalue weighted by molar-refractivity contribution is 6.99. The van der Waals surface area contributed by atoms with Crippen molar-refractivity contribution in [1.82, 2.24) is 0 Å². The van der Waals surface area contributed by atoms with Gasteiger partial charge in [-0.15, -0.1) is 59.2 Å². The second-order valence-electron chi connectivity index (χ2n) is 13.0. The maximum atomic E-state index is 6.25. The summed E-state index contributed by atoms with van der Waals surface area (Å²) in [5.41, 5.74) is 16.3. The van der Waals surface area contributed by atoms with Gasteiger partial charge in [0.1, 0.15) is 0 Å². The molecule has 0 amide bonds. The monoisotopic (exact) mass is 788 g/mol. The van der Waals surface area contributed by atoms with E-state index in [0.29, 0.717) is 0 Å². The molecule has 0 bridgehead atoms. The van der Waals surface area contributed by atoms with Gasteiger partial charge in [-0.2, -0.15) is 0 Å². The van der Waals surface area contributed by atoms with Crippen LogP contribution in [0.3, 0.4) is 0 Å². The highest BCUT2D eigenvalue weighted by atomic mass is 28.5. The lowest BCUT2D eigenvalue weighted by molar-refractivity contribution is 0.248. The molecule has 0 aromatic carbocycles. The van der Waals surface area contributed by atoms with Crippen LogP contribution in [0.15, 0.2) is 111 Å². The van der Waals surface area contributed by atoms with Crippen LogP contribution in [0.2, 0.25) is 72.0 Å². The zero-order chi connectivity index (χ0) is 36.5. The van der Waals surface area contributed by atoms with Crippen molar-refractivity contribution >= 4 is 76.6 Å². The minimum atomic E-state index is -2.60. The molecular formula is C29H60O8Si9. The molecule has 0 N–H and O–H groups in total. The van der Waals surface area contributed by atoms with Gasteiger partial charge >= 0.3 is 59.9 Å². The summed E-state index contributed by atoms with van der Waals surface area (Å²) < 4.78 is 48.8. The van der Waals surface area contributed by atoms with E-state index in [1.807, 2.05) is 57.2 Å². The van der Waals surface area contributed by atoms with Crippen LogP contribution < -0.4 is 0 Å². The fourth-order valence-corrected chi connectivity index (χ4v) is 41.4. The lowest BCUT2D eigenvalue weighted by Gasteiger charge is -2.46. The molecule has 17 heteroatoms. The highest BCUT2D eigenvalue weighted by Gasteiger charge is 2.55. The first kappa shape index (κ1) is 45.3. The average molecular weight is 790 g/mol. The van der Waals surface area contributed by atoms with Gasteiger partial charge in [-0.1, -0.05) is 51.3 Å². The van der Waals surface area contributed by atoms with Crippen LogP contribution in [-0.2, 0) is 32.9 Å². The Kier molecular flexibility index (Phi) is 16.5. The van der Waals surface area contributed by atoms with E-state index in [-0.39, 0.29) is 0 Å². The summed E-state index contributed by atoms with van der Waals surface area (Å²) in [7, 11) is -20.5. The summed E-state index contributed by atoms with van der Waals surface area (Å²) in [6.07, 6.45) is 0. The molecule has 2 saturated heterocycles. The van der Waals surface area contributed by atoms with Crippen molar-refractivity contribution in [2.24, 2.45) is 0 Å². The standard InChI is InChI=1S/C12H24O4Si4.C9H18O3Si3.C8H18OSi2/c1-9-17(5)13-18(6,10-2)15-20(8,12-4)16-19(7,11-3)14-17;1-7-13(4)10-14(5,8-2)12-15(6,9-3)11-13;1-7-10(3,4)9-11(5,6)8-2/h9-12H,1-4H2,5-8H3;7-9H,1-3H2,4-6H3;7-8H,1-2H2,3-6H3. The smallest absolute Gasteiger partial charge is 0.344 e. The third kappa shape index (κ3) is 14.0. The van der Waals surface area contributed by atoms with Crippen LogP contribution in [-0.4, -0.2) is 76.6 Å². The van der Waals surface area contributed by atoms with Crippen LogP contribution in [0, 0.1) is 0 Å². The van der Waals surface area contributed by atoms with E-state index >= 15 is 0 Å². The Hall–Kier alpha value is -0.708. The molecule has 2 aliphatic heterocycles. The van der Waals surface area contributed by atoms with Gasteiger partial charge in [0.15, 0.2) is 16.6 Å². The SMILES string of the molecule is C=C[Si](C)(C)O[Si](C)(C)C=C.C=C[Si]1(C)O[Si](C)(C=C)O[Si](C)(C=C)O1.C=C[Si]1(C)O[Si](C)(C=C)O[Si](C)(C=C)O[Si](C)(C=C)O1. The molecule has 2 heterocycles. The van der Waals surface area contributed by atoms with Gasteiger partial charge in [0.25, 0.3) is 0 Å². The van der Waals surface area contributed by atoms with Crippen molar-refractivity contribution in [2.75, 3.05) is 0 Å². The van der Waals surface area contributed by atoms with E-state index in [4.69, 9.17) is 32.9 Å². The first-order valence-corrected chi connectivity index (χ1v) is 37.8. The molecule has 0 radical (unpaired) electrons. The van der Waals surface area contributed by atoms with Crippen LogP contribution in [0.5, 0.6) is 0 Å². The third-order valence-electron chi connectivity index (χ3n) is 6.94. The first-order chi connectivity index (χ1) is 20.7. The van der Waals surface area contributed by atoms with Gasteiger partial charge in [-0.3, -0.25) is 0 Å². The van der Waals surface area contributed by atoms with Crippen molar-refractivity contribution in [2.45, 2.75) is 72.0 Å². The van der Waals surface area contributed by atoms with Gasteiger partial charge < -0.3 is 32.9 Å². The van der Waals surface area contributed by atoms with Crippen molar-refractivity contribution in [3.8, 4) is 0 Å². The van der Waals surface area contributed by atoms with Gasteiger partial charge in [0.2, 0.25) is 0 Å². The van der Waals surface area contributed by atoms with E-state index in [9.17, 15) is 0 Å². The average Bonchev–Trinajstić information content (AvgIpc) is 2.96. The Morgan fingerprint density at radius 3 is 0.565 bits per heavy atom. The zero-order valence-electron chi connectivity index (χ0n) is 30.3. The Labute approximate surface area is 290 Å². The highest BCUT2D eigenvalue weighted by Crippen LogP contribution is 2.33. The maximum absolute atomic E-state index is 6.25. The topological polar surface area (TPSA) is 73.8 Å². The lowest BCUT2D eigenvalue weighted by atomic mass is 11.3. The molecule has 0 aromatic heterocycles. The summed E-state index contributed by atoms with van der Waals surface area (Å²) in [6.45, 7) is 56.6. The van der Waals surface area contributed by atoms with Crippen molar-refractivity contribution in [3.05, 3.63) is 111 Å². The molecule has 2 rings (SSSR count). The molecule has 0 aliphatic carbocycles. The quantitative estimate of drug-likeness (QED) is 0.193. The Morgan fingerprint density at radius 1 is 0.348 bits per heavy atom. The molecule has 260 valence electrons. The molecule has 0 saturated carbocycles. The fourth-order valence-electron chi connectivity index (χ4n) is 4.31. The molecule has 2 aliphatic rings. The fraction of sp³-hybridized carbons (Fsp3) is 0.379. The van der Waals surface area contributed by atoms with Gasteiger partial charge in [0.05, 0.1) is 0 Å². The lowest BCUT2D eigenvalue weighted by Crippen LogP contribution is -2.65. The molecule has 2 fully saturated rings. The van der Waals surface area contributed by atoms with E-state index in [0.717, 1.165) is 0 Å². The number of hydrogen-bond acceptors (Lipinski definition) is 8. The maximum Gasteiger partial charge on any atom is 0.344 e. The van der Waals surface area contributed by atoms with Gasteiger partial charge in [-0.25, -0.2) is 0 Å². The van der Waals surface area contributed by atoms with Crippen LogP contribution in [0.25, 0.3) is 0 Å². The predicted octanol–water partition coefficient (Wildman–Crippen LogP) is 8.56. The van der Waals surface area contributed by atoms with Crippen LogP contribution in [0.4, 0.5) is 0 Å². The summed E-state index contributed by atoms with van der Waals surface area (Å²) in [5, 5.41) is 0. The summed E-state index contributed by atoms with van der Waals surface area (Å²) in [4.78, 5) is 0. The van der Waals surface area contributed by atoms with Crippen molar-refractivity contribution in [3.63, 3.8) is 0 Å². The summed E-state index contributed by atoms with van der Waals surface area (Å²) >= 11 is 0. The van der Waals surface area contributed by atoms with Gasteiger partial charge in [0, 0.05) is 0 Å². The second-order valence-corrected chi connectivity index (χ2v) is 43.8. The Morgan fingerprint density at radius 2 is 0.478 bits per heavy atom. The van der Waals surface area contributed by atoms with E-state index in [1.54, 1.807) is 39.9 Å². The Bertz CT molecular complexity index is 1010. The van der Waals surface area contributed by atoms with E-state index in [2.05, 4.69) is 85.4 Å². The molecular weight excluding hydrogens is 729 g/mol. The Balaban J connectivity index is 0.000000692. The second kappa shape index (κ2) is 16.8. The van der Waals surface area contributed by atoms with Gasteiger partial charge in [-0.05, 0) is 72.0 Å². The van der Waals surface area contributed by atoms with Crippen LogP contribution >= 0.6 is 0 Å². The molecule has 46 heavy (non-hydrogen) atoms. The molecule has 0 atom stereocenters. The van der Waals surface area contributed by atoms with Crippen molar-refractivity contribution < 1.29 is 32.9 Å². The predicted molar refractivity (Wildman–Crippen MR) is 217 cm³/mol. The normalized spacial score (nSPS) is 37.9. The largest absolute Gasteiger partial charge is 0.449 e. The summed E-state index contributed by atoms with van der Waals surface area (Å²) in [6, 6.07) is 0. The molecule has 8 nitrogen and oxygen atoms in total. The molecule has 0 spiro atoms.